The molecular weight excluding hydrogens is 312 g/mol. The maximum Gasteiger partial charge on any atom is 0.338 e. The van der Waals surface area contributed by atoms with E-state index in [1.54, 1.807) is 18.2 Å². The highest BCUT2D eigenvalue weighted by Crippen LogP contribution is 2.35. The van der Waals surface area contributed by atoms with Crippen LogP contribution >= 0.6 is 0 Å². The lowest BCUT2D eigenvalue weighted by Gasteiger charge is -2.28. The fraction of sp³-hybridized carbons (Fsp3) is 0.278. The topological polar surface area (TPSA) is 60.4 Å². The molecule has 2 rings (SSSR count). The van der Waals surface area contributed by atoms with Gasteiger partial charge in [-0.2, -0.15) is 8.42 Å². The van der Waals surface area contributed by atoms with Crippen LogP contribution in [-0.2, 0) is 19.1 Å². The number of carbonyl (C=O) groups excluding carboxylic acids is 1. The van der Waals surface area contributed by atoms with E-state index >= 15 is 0 Å². The van der Waals surface area contributed by atoms with Gasteiger partial charge in [-0.05, 0) is 21.9 Å². The lowest BCUT2D eigenvalue weighted by Crippen LogP contribution is -2.25. The largest absolute Gasteiger partial charge is 0.383 e. The molecule has 1 aliphatic rings. The van der Waals surface area contributed by atoms with Crippen molar-refractivity contribution in [1.82, 2.24) is 0 Å². The van der Waals surface area contributed by atoms with Gasteiger partial charge in [-0.15, -0.1) is 0 Å². The molecular formula is C18H20O4S. The van der Waals surface area contributed by atoms with E-state index in [4.69, 9.17) is 4.18 Å². The molecule has 1 aromatic rings. The van der Waals surface area contributed by atoms with Crippen LogP contribution in [0.4, 0.5) is 0 Å². The maximum absolute atomic E-state index is 12.3. The van der Waals surface area contributed by atoms with Crippen molar-refractivity contribution >= 4 is 28.6 Å². The molecule has 0 bridgehead atoms. The van der Waals surface area contributed by atoms with Crippen LogP contribution in [0, 0.1) is 5.41 Å². The second kappa shape index (κ2) is 6.16. The minimum atomic E-state index is -4.05. The van der Waals surface area contributed by atoms with Crippen molar-refractivity contribution in [2.75, 3.05) is 0 Å². The highest BCUT2D eigenvalue weighted by atomic mass is 32.2. The van der Waals surface area contributed by atoms with E-state index < -0.39 is 10.1 Å². The fourth-order valence-corrected chi connectivity index (χ4v) is 3.22. The van der Waals surface area contributed by atoms with Gasteiger partial charge in [-0.25, -0.2) is 0 Å². The van der Waals surface area contributed by atoms with Gasteiger partial charge in [-0.1, -0.05) is 51.3 Å². The van der Waals surface area contributed by atoms with E-state index in [0.29, 0.717) is 23.3 Å². The number of ketones is 1. The first-order valence-corrected chi connectivity index (χ1v) is 8.62. The summed E-state index contributed by atoms with van der Waals surface area (Å²) in [6, 6.07) is 7.12. The molecule has 4 nitrogen and oxygen atoms in total. The van der Waals surface area contributed by atoms with Crippen molar-refractivity contribution in [1.29, 1.82) is 0 Å². The first-order chi connectivity index (χ1) is 10.6. The van der Waals surface area contributed by atoms with Crippen LogP contribution in [0.2, 0.25) is 0 Å². The van der Waals surface area contributed by atoms with Crippen molar-refractivity contribution in [3.63, 3.8) is 0 Å². The number of allylic oxidation sites excluding steroid dienone is 3. The number of carbonyl (C=O) groups is 1. The van der Waals surface area contributed by atoms with Gasteiger partial charge >= 0.3 is 10.1 Å². The predicted octanol–water partition coefficient (Wildman–Crippen LogP) is 2.01. The lowest BCUT2D eigenvalue weighted by molar-refractivity contribution is -0.117. The van der Waals surface area contributed by atoms with E-state index in [0.717, 1.165) is 0 Å². The minimum Gasteiger partial charge on any atom is -0.383 e. The van der Waals surface area contributed by atoms with E-state index in [9.17, 15) is 13.2 Å². The van der Waals surface area contributed by atoms with Gasteiger partial charge in [0.2, 0.25) is 0 Å². The molecule has 0 aliphatic heterocycles. The predicted molar refractivity (Wildman–Crippen MR) is 90.9 cm³/mol. The van der Waals surface area contributed by atoms with Crippen LogP contribution < -0.4 is 10.4 Å². The monoisotopic (exact) mass is 332 g/mol. The molecule has 0 fully saturated rings. The molecule has 0 amide bonds. The van der Waals surface area contributed by atoms with Crippen LogP contribution in [0.25, 0.3) is 12.7 Å². The molecule has 122 valence electrons. The van der Waals surface area contributed by atoms with E-state index in [1.165, 1.54) is 12.2 Å². The number of hydrogen-bond donors (Lipinski definition) is 0. The summed E-state index contributed by atoms with van der Waals surface area (Å²) in [6.45, 7) is 11.2. The Labute approximate surface area is 136 Å². The van der Waals surface area contributed by atoms with Crippen molar-refractivity contribution in [3.8, 4) is 0 Å². The third-order valence-corrected chi connectivity index (χ3v) is 4.73. The second-order valence-electron chi connectivity index (χ2n) is 6.44. The summed E-state index contributed by atoms with van der Waals surface area (Å²) in [6.07, 6.45) is 3.43. The molecule has 0 radical (unpaired) electrons. The molecule has 0 heterocycles. The highest BCUT2D eigenvalue weighted by Gasteiger charge is 2.31. The van der Waals surface area contributed by atoms with E-state index in [2.05, 4.69) is 13.2 Å². The van der Waals surface area contributed by atoms with Crippen molar-refractivity contribution in [2.24, 2.45) is 5.41 Å². The lowest BCUT2D eigenvalue weighted by atomic mass is 9.80. The Hall–Kier alpha value is -2.14. The zero-order valence-electron chi connectivity index (χ0n) is 13.3. The molecule has 1 aromatic carbocycles. The molecule has 0 saturated heterocycles. The molecule has 0 atom stereocenters. The smallest absolute Gasteiger partial charge is 0.338 e. The minimum absolute atomic E-state index is 0.135. The van der Waals surface area contributed by atoms with E-state index in [1.807, 2.05) is 19.9 Å². The normalized spacial score (nSPS) is 18.4. The third kappa shape index (κ3) is 4.42. The van der Waals surface area contributed by atoms with Crippen LogP contribution in [0.1, 0.15) is 26.7 Å². The Kier molecular flexibility index (Phi) is 4.61. The average molecular weight is 332 g/mol. The Morgan fingerprint density at radius 1 is 1.26 bits per heavy atom. The van der Waals surface area contributed by atoms with Crippen LogP contribution in [0.5, 0.6) is 0 Å². The van der Waals surface area contributed by atoms with Gasteiger partial charge in [0, 0.05) is 18.9 Å². The van der Waals surface area contributed by atoms with Crippen molar-refractivity contribution < 1.29 is 17.4 Å². The number of rotatable bonds is 4. The number of benzene rings is 1. The summed E-state index contributed by atoms with van der Waals surface area (Å²) in [4.78, 5) is 11.5. The first-order valence-electron chi connectivity index (χ1n) is 7.22. The SMILES string of the molecule is C=C(/C=c1/ccccc1=C)S(=O)(=O)OC1=CC(=O)CC(C)(C)C1. The maximum atomic E-state index is 12.3. The molecule has 0 saturated carbocycles. The van der Waals surface area contributed by atoms with Gasteiger partial charge in [0.15, 0.2) is 5.78 Å². The van der Waals surface area contributed by atoms with Crippen LogP contribution in [0.3, 0.4) is 0 Å². The summed E-state index contributed by atoms with van der Waals surface area (Å²) in [5.74, 6) is 0.0212. The quantitative estimate of drug-likeness (QED) is 0.792. The highest BCUT2D eigenvalue weighted by molar-refractivity contribution is 7.91. The third-order valence-electron chi connectivity index (χ3n) is 3.54. The molecule has 0 unspecified atom stereocenters. The van der Waals surface area contributed by atoms with Gasteiger partial charge in [0.1, 0.15) is 5.76 Å². The molecule has 1 aliphatic carbocycles. The number of hydrogen-bond acceptors (Lipinski definition) is 4. The zero-order valence-corrected chi connectivity index (χ0v) is 14.2. The van der Waals surface area contributed by atoms with Gasteiger partial charge in [-0.3, -0.25) is 4.79 Å². The van der Waals surface area contributed by atoms with Crippen molar-refractivity contribution in [3.05, 3.63) is 58.0 Å². The standard InChI is InChI=1S/C18H20O4S/c1-13-7-5-6-8-15(13)9-14(2)23(20,21)22-17-10-16(19)11-18(3,4)12-17/h5-10H,1-2,11-12H2,3-4H3/b15-9-. The molecule has 5 heteroatoms. The summed E-state index contributed by atoms with van der Waals surface area (Å²) in [7, 11) is -4.05. The van der Waals surface area contributed by atoms with Gasteiger partial charge in [0.05, 0.1) is 4.91 Å². The van der Waals surface area contributed by atoms with Gasteiger partial charge in [0.25, 0.3) is 0 Å². The summed E-state index contributed by atoms with van der Waals surface area (Å²) < 4.78 is 29.7. The molecule has 0 aromatic heterocycles. The summed E-state index contributed by atoms with van der Waals surface area (Å²) in [5.41, 5.74) is -0.318. The molecule has 0 N–H and O–H groups in total. The summed E-state index contributed by atoms with van der Waals surface area (Å²) >= 11 is 0. The molecule has 23 heavy (non-hydrogen) atoms. The second-order valence-corrected chi connectivity index (χ2v) is 8.04. The van der Waals surface area contributed by atoms with Crippen molar-refractivity contribution in [2.45, 2.75) is 26.7 Å². The summed E-state index contributed by atoms with van der Waals surface area (Å²) in [5, 5.41) is 1.34. The first kappa shape index (κ1) is 17.2. The zero-order chi connectivity index (χ0) is 17.3. The average Bonchev–Trinajstić information content (AvgIpc) is 2.38. The Bertz CT molecular complexity index is 889. The Morgan fingerprint density at radius 2 is 1.91 bits per heavy atom. The Morgan fingerprint density at radius 3 is 2.52 bits per heavy atom. The molecule has 0 spiro atoms. The van der Waals surface area contributed by atoms with Crippen LogP contribution in [-0.4, -0.2) is 14.2 Å². The van der Waals surface area contributed by atoms with E-state index in [-0.39, 0.29) is 21.9 Å². The fourth-order valence-electron chi connectivity index (χ4n) is 2.46. The van der Waals surface area contributed by atoms with Crippen LogP contribution in [0.15, 0.2) is 47.6 Å². The Balaban J connectivity index is 2.28. The van der Waals surface area contributed by atoms with Gasteiger partial charge < -0.3 is 4.18 Å².